The zero-order chi connectivity index (χ0) is 14.5. The van der Waals surface area contributed by atoms with Gasteiger partial charge >= 0.3 is 0 Å². The molecule has 0 saturated carbocycles. The molecule has 0 radical (unpaired) electrons. The largest absolute Gasteiger partial charge is 0.495 e. The van der Waals surface area contributed by atoms with E-state index in [1.807, 2.05) is 25.1 Å². The van der Waals surface area contributed by atoms with Crippen LogP contribution in [-0.2, 0) is 0 Å². The fourth-order valence-corrected chi connectivity index (χ4v) is 2.29. The number of aryl methyl sites for hydroxylation is 1. The molecule has 0 aliphatic carbocycles. The average Bonchev–Trinajstić information content (AvgIpc) is 2.48. The van der Waals surface area contributed by atoms with Crippen LogP contribution < -0.4 is 10.1 Å². The number of methoxy groups -OCH3 is 1. The first-order valence-corrected chi connectivity index (χ1v) is 7.12. The van der Waals surface area contributed by atoms with Gasteiger partial charge in [-0.3, -0.25) is 0 Å². The molecule has 0 bridgehead atoms. The molecule has 0 fully saturated rings. The Labute approximate surface area is 125 Å². The summed E-state index contributed by atoms with van der Waals surface area (Å²) in [4.78, 5) is 0. The molecule has 2 nitrogen and oxygen atoms in total. The van der Waals surface area contributed by atoms with E-state index in [1.54, 1.807) is 7.11 Å². The Morgan fingerprint density at radius 1 is 1.20 bits per heavy atom. The normalized spacial score (nSPS) is 12.0. The van der Waals surface area contributed by atoms with E-state index in [0.29, 0.717) is 5.92 Å². The first kappa shape index (κ1) is 14.7. The van der Waals surface area contributed by atoms with Crippen molar-refractivity contribution in [3.8, 4) is 5.75 Å². The van der Waals surface area contributed by atoms with Crippen molar-refractivity contribution in [2.45, 2.75) is 19.8 Å². The van der Waals surface area contributed by atoms with E-state index in [1.165, 1.54) is 5.56 Å². The number of hydrogen-bond donors (Lipinski definition) is 1. The molecule has 1 N–H and O–H groups in total. The summed E-state index contributed by atoms with van der Waals surface area (Å²) < 4.78 is 5.37. The molecule has 0 aliphatic heterocycles. The highest BCUT2D eigenvalue weighted by atomic mass is 35.5. The summed E-state index contributed by atoms with van der Waals surface area (Å²) in [6, 6.07) is 14.4. The maximum atomic E-state index is 6.12. The summed E-state index contributed by atoms with van der Waals surface area (Å²) in [5.74, 6) is 1.21. The van der Waals surface area contributed by atoms with Gasteiger partial charge in [-0.25, -0.2) is 0 Å². The van der Waals surface area contributed by atoms with Crippen molar-refractivity contribution in [1.82, 2.24) is 0 Å². The highest BCUT2D eigenvalue weighted by molar-refractivity contribution is 6.31. The average molecular weight is 290 g/mol. The van der Waals surface area contributed by atoms with E-state index >= 15 is 0 Å². The lowest BCUT2D eigenvalue weighted by Crippen LogP contribution is -2.10. The Balaban J connectivity index is 2.09. The van der Waals surface area contributed by atoms with Crippen molar-refractivity contribution in [3.63, 3.8) is 0 Å². The van der Waals surface area contributed by atoms with E-state index in [4.69, 9.17) is 16.3 Å². The number of halogens is 1. The molecule has 106 valence electrons. The molecule has 0 saturated heterocycles. The molecule has 0 amide bonds. The number of hydrogen-bond acceptors (Lipinski definition) is 2. The van der Waals surface area contributed by atoms with Crippen LogP contribution in [0.4, 0.5) is 5.69 Å². The maximum Gasteiger partial charge on any atom is 0.143 e. The van der Waals surface area contributed by atoms with Crippen molar-refractivity contribution >= 4 is 17.3 Å². The topological polar surface area (TPSA) is 21.3 Å². The SMILES string of the molecule is COc1cc(Cl)c(C)cc1NCC(C)c1ccccc1. The zero-order valence-corrected chi connectivity index (χ0v) is 12.9. The van der Waals surface area contributed by atoms with Gasteiger partial charge in [0.05, 0.1) is 12.8 Å². The summed E-state index contributed by atoms with van der Waals surface area (Å²) in [5.41, 5.74) is 3.35. The van der Waals surface area contributed by atoms with Gasteiger partial charge in [0, 0.05) is 17.6 Å². The van der Waals surface area contributed by atoms with Gasteiger partial charge in [0.15, 0.2) is 0 Å². The van der Waals surface area contributed by atoms with Crippen LogP contribution in [0.3, 0.4) is 0 Å². The zero-order valence-electron chi connectivity index (χ0n) is 12.1. The first-order valence-electron chi connectivity index (χ1n) is 6.74. The minimum absolute atomic E-state index is 0.428. The second-order valence-corrected chi connectivity index (χ2v) is 5.40. The van der Waals surface area contributed by atoms with Crippen LogP contribution in [0, 0.1) is 6.92 Å². The van der Waals surface area contributed by atoms with Crippen LogP contribution in [0.25, 0.3) is 0 Å². The molecule has 2 aromatic rings. The predicted molar refractivity (Wildman–Crippen MR) is 86.1 cm³/mol. The molecule has 2 aromatic carbocycles. The molecular weight excluding hydrogens is 270 g/mol. The van der Waals surface area contributed by atoms with Crippen LogP contribution in [0.2, 0.25) is 5.02 Å². The van der Waals surface area contributed by atoms with Crippen LogP contribution in [0.5, 0.6) is 5.75 Å². The third-order valence-electron chi connectivity index (χ3n) is 3.45. The van der Waals surface area contributed by atoms with Crippen LogP contribution in [0.1, 0.15) is 24.0 Å². The van der Waals surface area contributed by atoms with Crippen molar-refractivity contribution in [2.75, 3.05) is 19.0 Å². The quantitative estimate of drug-likeness (QED) is 0.847. The van der Waals surface area contributed by atoms with Gasteiger partial charge in [0.2, 0.25) is 0 Å². The van der Waals surface area contributed by atoms with Gasteiger partial charge in [0.1, 0.15) is 5.75 Å². The molecule has 3 heteroatoms. The molecule has 1 unspecified atom stereocenters. The van der Waals surface area contributed by atoms with Gasteiger partial charge in [-0.1, -0.05) is 48.9 Å². The minimum Gasteiger partial charge on any atom is -0.495 e. The van der Waals surface area contributed by atoms with Gasteiger partial charge in [-0.05, 0) is 30.0 Å². The third-order valence-corrected chi connectivity index (χ3v) is 3.86. The van der Waals surface area contributed by atoms with Crippen LogP contribution in [0.15, 0.2) is 42.5 Å². The molecule has 0 aromatic heterocycles. The summed E-state index contributed by atoms with van der Waals surface area (Å²) in [7, 11) is 1.66. The highest BCUT2D eigenvalue weighted by Gasteiger charge is 2.09. The lowest BCUT2D eigenvalue weighted by atomic mass is 10.0. The Morgan fingerprint density at radius 3 is 2.55 bits per heavy atom. The highest BCUT2D eigenvalue weighted by Crippen LogP contribution is 2.31. The standard InChI is InChI=1S/C17H20ClNO/c1-12-9-16(17(20-3)10-15(12)18)19-11-13(2)14-7-5-4-6-8-14/h4-10,13,19H,11H2,1-3H3. The second-order valence-electron chi connectivity index (χ2n) is 4.99. The van der Waals surface area contributed by atoms with E-state index in [9.17, 15) is 0 Å². The molecule has 0 heterocycles. The number of ether oxygens (including phenoxy) is 1. The van der Waals surface area contributed by atoms with Gasteiger partial charge in [-0.15, -0.1) is 0 Å². The summed E-state index contributed by atoms with van der Waals surface area (Å²) in [6.45, 7) is 5.05. The van der Waals surface area contributed by atoms with Gasteiger partial charge < -0.3 is 10.1 Å². The number of rotatable bonds is 5. The van der Waals surface area contributed by atoms with Crippen molar-refractivity contribution in [3.05, 3.63) is 58.6 Å². The Kier molecular flexibility index (Phi) is 4.91. The van der Waals surface area contributed by atoms with Crippen molar-refractivity contribution in [2.24, 2.45) is 0 Å². The van der Waals surface area contributed by atoms with Crippen LogP contribution in [-0.4, -0.2) is 13.7 Å². The Bertz CT molecular complexity index is 569. The predicted octanol–water partition coefficient (Wildman–Crippen LogP) is 4.87. The fraction of sp³-hybridized carbons (Fsp3) is 0.294. The van der Waals surface area contributed by atoms with Gasteiger partial charge in [-0.2, -0.15) is 0 Å². The molecule has 2 rings (SSSR count). The van der Waals surface area contributed by atoms with E-state index in [-0.39, 0.29) is 0 Å². The second kappa shape index (κ2) is 6.67. The van der Waals surface area contributed by atoms with Crippen molar-refractivity contribution in [1.29, 1.82) is 0 Å². The monoisotopic (exact) mass is 289 g/mol. The van der Waals surface area contributed by atoms with Crippen LogP contribution >= 0.6 is 11.6 Å². The fourth-order valence-electron chi connectivity index (χ4n) is 2.13. The smallest absolute Gasteiger partial charge is 0.143 e. The Morgan fingerprint density at radius 2 is 1.90 bits per heavy atom. The maximum absolute atomic E-state index is 6.12. The molecular formula is C17H20ClNO. The summed E-state index contributed by atoms with van der Waals surface area (Å²) in [6.07, 6.45) is 0. The van der Waals surface area contributed by atoms with E-state index in [2.05, 4.69) is 36.5 Å². The van der Waals surface area contributed by atoms with Crippen molar-refractivity contribution < 1.29 is 4.74 Å². The van der Waals surface area contributed by atoms with E-state index in [0.717, 1.165) is 28.6 Å². The lowest BCUT2D eigenvalue weighted by Gasteiger charge is -2.17. The molecule has 0 spiro atoms. The third kappa shape index (κ3) is 3.45. The first-order chi connectivity index (χ1) is 9.61. The molecule has 0 aliphatic rings. The minimum atomic E-state index is 0.428. The van der Waals surface area contributed by atoms with Gasteiger partial charge in [0.25, 0.3) is 0 Å². The van der Waals surface area contributed by atoms with E-state index < -0.39 is 0 Å². The molecule has 1 atom stereocenters. The number of nitrogens with one attached hydrogen (secondary N) is 1. The summed E-state index contributed by atoms with van der Waals surface area (Å²) in [5, 5.41) is 4.17. The summed E-state index contributed by atoms with van der Waals surface area (Å²) >= 11 is 6.12. The Hall–Kier alpha value is -1.67. The number of anilines is 1. The lowest BCUT2D eigenvalue weighted by molar-refractivity contribution is 0.416. The number of benzene rings is 2. The molecule has 20 heavy (non-hydrogen) atoms.